The maximum absolute atomic E-state index is 12.1. The zero-order chi connectivity index (χ0) is 11.7. The minimum absolute atomic E-state index is 0.0314. The van der Waals surface area contributed by atoms with Crippen molar-refractivity contribution in [1.29, 1.82) is 0 Å². The minimum Gasteiger partial charge on any atom is -0.297 e. The summed E-state index contributed by atoms with van der Waals surface area (Å²) >= 11 is 5.75. The Labute approximate surface area is 111 Å². The fourth-order valence-electron chi connectivity index (χ4n) is 1.55. The standard InChI is InChI=1S/C10H12O2S4/c1-3-5-7(11)6(4-2)14-9-8(13-5)15-10(12)16-9/h5-6H,3-4H2,1-2H3/t5-,6-/m1/s1. The normalized spacial score (nSPS) is 25.2. The summed E-state index contributed by atoms with van der Waals surface area (Å²) in [5, 5.41) is 0.0629. The Kier molecular flexibility index (Phi) is 4.15. The van der Waals surface area contributed by atoms with Crippen molar-refractivity contribution in [3.63, 3.8) is 0 Å². The molecule has 0 bridgehead atoms. The number of rotatable bonds is 2. The Morgan fingerprint density at radius 1 is 0.938 bits per heavy atom. The number of hydrogen-bond acceptors (Lipinski definition) is 6. The van der Waals surface area contributed by atoms with Gasteiger partial charge in [0.1, 0.15) is 0 Å². The summed E-state index contributed by atoms with van der Waals surface area (Å²) in [5.74, 6) is 0.336. The molecule has 2 nitrogen and oxygen atoms in total. The van der Waals surface area contributed by atoms with E-state index in [2.05, 4.69) is 0 Å². The molecular weight excluding hydrogens is 280 g/mol. The highest BCUT2D eigenvalue weighted by molar-refractivity contribution is 8.07. The average molecular weight is 292 g/mol. The maximum atomic E-state index is 12.1. The van der Waals surface area contributed by atoms with E-state index in [4.69, 9.17) is 0 Å². The number of hydrogen-bond donors (Lipinski definition) is 0. The van der Waals surface area contributed by atoms with Gasteiger partial charge in [-0.15, -0.1) is 23.5 Å². The van der Waals surface area contributed by atoms with Crippen molar-refractivity contribution >= 4 is 52.0 Å². The lowest BCUT2D eigenvalue weighted by atomic mass is 10.1. The van der Waals surface area contributed by atoms with Gasteiger partial charge in [0.2, 0.25) is 0 Å². The van der Waals surface area contributed by atoms with Gasteiger partial charge in [0, 0.05) is 0 Å². The van der Waals surface area contributed by atoms with Crippen molar-refractivity contribution < 1.29 is 4.79 Å². The molecule has 2 heterocycles. The van der Waals surface area contributed by atoms with E-state index in [1.165, 1.54) is 22.7 Å². The Bertz CT molecular complexity index is 411. The molecule has 0 saturated heterocycles. The van der Waals surface area contributed by atoms with Crippen molar-refractivity contribution in [1.82, 2.24) is 0 Å². The maximum Gasteiger partial charge on any atom is 0.289 e. The SMILES string of the molecule is CC[C@H]1Sc2sc(=O)sc2S[C@H](CC)C1=O. The van der Waals surface area contributed by atoms with Crippen molar-refractivity contribution in [2.45, 2.75) is 45.6 Å². The second-order valence-corrected chi connectivity index (χ2v) is 8.63. The largest absolute Gasteiger partial charge is 0.297 e. The second kappa shape index (κ2) is 5.25. The van der Waals surface area contributed by atoms with E-state index in [0.29, 0.717) is 5.78 Å². The van der Waals surface area contributed by atoms with Crippen LogP contribution in [0.4, 0.5) is 0 Å². The number of ketones is 1. The van der Waals surface area contributed by atoms with Gasteiger partial charge in [0.25, 0.3) is 4.06 Å². The van der Waals surface area contributed by atoms with Crippen LogP contribution in [0.25, 0.3) is 0 Å². The third-order valence-corrected chi connectivity index (χ3v) is 8.14. The van der Waals surface area contributed by atoms with Crippen molar-refractivity contribution in [2.24, 2.45) is 0 Å². The summed E-state index contributed by atoms with van der Waals surface area (Å²) < 4.78 is 2.25. The lowest BCUT2D eigenvalue weighted by Gasteiger charge is -2.14. The van der Waals surface area contributed by atoms with Crippen LogP contribution in [0.1, 0.15) is 26.7 Å². The van der Waals surface area contributed by atoms with Crippen molar-refractivity contribution in [3.05, 3.63) is 8.85 Å². The monoisotopic (exact) mass is 292 g/mol. The molecule has 1 aromatic heterocycles. The van der Waals surface area contributed by atoms with E-state index in [1.54, 1.807) is 23.5 Å². The summed E-state index contributed by atoms with van der Waals surface area (Å²) in [5.41, 5.74) is 0. The van der Waals surface area contributed by atoms with Gasteiger partial charge in [-0.25, -0.2) is 0 Å². The molecule has 6 heteroatoms. The van der Waals surface area contributed by atoms with Crippen LogP contribution in [0.2, 0.25) is 0 Å². The van der Waals surface area contributed by atoms with Gasteiger partial charge in [-0.3, -0.25) is 9.59 Å². The van der Waals surface area contributed by atoms with E-state index in [9.17, 15) is 9.59 Å². The van der Waals surface area contributed by atoms with Gasteiger partial charge in [-0.2, -0.15) is 0 Å². The first-order chi connectivity index (χ1) is 7.65. The molecular formula is C10H12O2S4. The van der Waals surface area contributed by atoms with Crippen LogP contribution < -0.4 is 4.06 Å². The van der Waals surface area contributed by atoms with E-state index < -0.39 is 0 Å². The zero-order valence-electron chi connectivity index (χ0n) is 9.02. The molecule has 0 saturated carbocycles. The molecule has 2 rings (SSSR count). The molecule has 1 aromatic rings. The van der Waals surface area contributed by atoms with Crippen LogP contribution >= 0.6 is 46.2 Å². The average Bonchev–Trinajstić information content (AvgIpc) is 2.56. The zero-order valence-corrected chi connectivity index (χ0v) is 12.3. The van der Waals surface area contributed by atoms with Gasteiger partial charge in [-0.05, 0) is 12.8 Å². The van der Waals surface area contributed by atoms with Gasteiger partial charge in [-0.1, -0.05) is 36.5 Å². The number of Topliss-reactive ketones (excluding diaryl/α,β-unsaturated/α-hetero) is 1. The van der Waals surface area contributed by atoms with Crippen molar-refractivity contribution in [3.8, 4) is 0 Å². The summed E-state index contributed by atoms with van der Waals surface area (Å²) in [6.45, 7) is 4.07. The lowest BCUT2D eigenvalue weighted by Crippen LogP contribution is -2.25. The smallest absolute Gasteiger partial charge is 0.289 e. The Morgan fingerprint density at radius 3 is 1.75 bits per heavy atom. The highest BCUT2D eigenvalue weighted by Gasteiger charge is 2.32. The molecule has 1 aliphatic rings. The molecule has 0 fully saturated rings. The van der Waals surface area contributed by atoms with Gasteiger partial charge in [0.15, 0.2) is 5.78 Å². The lowest BCUT2D eigenvalue weighted by molar-refractivity contribution is -0.118. The summed E-state index contributed by atoms with van der Waals surface area (Å²) in [6.07, 6.45) is 1.69. The van der Waals surface area contributed by atoms with Crippen LogP contribution in [0.15, 0.2) is 13.2 Å². The van der Waals surface area contributed by atoms with Gasteiger partial charge >= 0.3 is 0 Å². The van der Waals surface area contributed by atoms with Crippen LogP contribution in [0, 0.1) is 0 Å². The highest BCUT2D eigenvalue weighted by atomic mass is 32.2. The molecule has 0 aromatic carbocycles. The predicted molar refractivity (Wildman–Crippen MR) is 73.3 cm³/mol. The van der Waals surface area contributed by atoms with Crippen LogP contribution in [0.3, 0.4) is 0 Å². The summed E-state index contributed by atoms with van der Waals surface area (Å²) in [6, 6.07) is 0. The van der Waals surface area contributed by atoms with E-state index in [1.807, 2.05) is 13.8 Å². The highest BCUT2D eigenvalue weighted by Crippen LogP contribution is 2.45. The summed E-state index contributed by atoms with van der Waals surface area (Å²) in [4.78, 5) is 23.5. The number of carbonyl (C=O) groups is 1. The second-order valence-electron chi connectivity index (χ2n) is 3.46. The molecule has 0 unspecified atom stereocenters. The summed E-state index contributed by atoms with van der Waals surface area (Å²) in [7, 11) is 0. The van der Waals surface area contributed by atoms with Crippen LogP contribution in [0.5, 0.6) is 0 Å². The Balaban J connectivity index is 2.38. The Hall–Kier alpha value is 0.220. The van der Waals surface area contributed by atoms with E-state index in [-0.39, 0.29) is 14.6 Å². The topological polar surface area (TPSA) is 34.1 Å². The van der Waals surface area contributed by atoms with E-state index in [0.717, 1.165) is 21.3 Å². The molecule has 16 heavy (non-hydrogen) atoms. The molecule has 0 spiro atoms. The Morgan fingerprint density at radius 2 is 1.38 bits per heavy atom. The first kappa shape index (κ1) is 12.7. The third kappa shape index (κ3) is 2.39. The molecule has 0 radical (unpaired) electrons. The van der Waals surface area contributed by atoms with Crippen molar-refractivity contribution in [2.75, 3.05) is 0 Å². The fraction of sp³-hybridized carbons (Fsp3) is 0.600. The molecule has 2 atom stereocenters. The third-order valence-electron chi connectivity index (χ3n) is 2.39. The predicted octanol–water partition coefficient (Wildman–Crippen LogP) is 3.49. The van der Waals surface area contributed by atoms with Gasteiger partial charge < -0.3 is 0 Å². The number of carbonyl (C=O) groups excluding carboxylic acids is 1. The minimum atomic E-state index is 0.0314. The van der Waals surface area contributed by atoms with Gasteiger partial charge in [0.05, 0.1) is 18.9 Å². The molecule has 0 amide bonds. The molecule has 0 aliphatic carbocycles. The molecule has 88 valence electrons. The number of thioether (sulfide) groups is 2. The quantitative estimate of drug-likeness (QED) is 0.835. The molecule has 1 aliphatic heterocycles. The number of fused-ring (bicyclic) bond motifs is 1. The first-order valence-corrected chi connectivity index (χ1v) is 8.55. The van der Waals surface area contributed by atoms with Crippen LogP contribution in [-0.4, -0.2) is 16.3 Å². The first-order valence-electron chi connectivity index (χ1n) is 5.16. The molecule has 0 N–H and O–H groups in total. The van der Waals surface area contributed by atoms with E-state index >= 15 is 0 Å². The fourth-order valence-corrected chi connectivity index (χ4v) is 7.31. The van der Waals surface area contributed by atoms with Crippen LogP contribution in [-0.2, 0) is 4.79 Å².